The zero-order chi connectivity index (χ0) is 11.8. The van der Waals surface area contributed by atoms with E-state index in [-0.39, 0.29) is 12.0 Å². The van der Waals surface area contributed by atoms with Crippen molar-refractivity contribution in [2.24, 2.45) is 0 Å². The minimum absolute atomic E-state index is 0.236. The third kappa shape index (κ3) is 3.72. The first-order valence-electron chi connectivity index (χ1n) is 5.07. The Morgan fingerprint density at radius 3 is 2.69 bits per heavy atom. The van der Waals surface area contributed by atoms with Crippen LogP contribution in [0.25, 0.3) is 0 Å². The van der Waals surface area contributed by atoms with E-state index in [0.717, 1.165) is 13.0 Å². The van der Waals surface area contributed by atoms with E-state index in [1.165, 1.54) is 7.11 Å². The van der Waals surface area contributed by atoms with Crippen molar-refractivity contribution in [3.63, 3.8) is 0 Å². The Balaban J connectivity index is 2.73. The molecule has 0 unspecified atom stereocenters. The minimum Gasteiger partial charge on any atom is -0.467 e. The number of methoxy groups -OCH3 is 1. The molecule has 0 aromatic carbocycles. The second-order valence-corrected chi connectivity index (χ2v) is 2.88. The highest BCUT2D eigenvalue weighted by Crippen LogP contribution is 2.12. The van der Waals surface area contributed by atoms with Crippen molar-refractivity contribution in [2.75, 3.05) is 25.6 Å². The zero-order valence-corrected chi connectivity index (χ0v) is 9.56. The number of anilines is 1. The van der Waals surface area contributed by atoms with Gasteiger partial charge in [0.2, 0.25) is 5.95 Å². The average Bonchev–Trinajstić information content (AvgIpc) is 2.29. The molecule has 1 aromatic rings. The number of ether oxygens (including phenoxy) is 2. The average molecular weight is 224 g/mol. The van der Waals surface area contributed by atoms with Crippen LogP contribution >= 0.6 is 0 Å². The number of hydrogen-bond donors (Lipinski definition) is 1. The number of rotatable bonds is 7. The molecule has 1 aromatic heterocycles. The van der Waals surface area contributed by atoms with Crippen molar-refractivity contribution in [2.45, 2.75) is 13.3 Å². The summed E-state index contributed by atoms with van der Waals surface area (Å²) in [6.07, 6.45) is 2.51. The number of hydrogen-bond acceptors (Lipinski definition) is 6. The summed E-state index contributed by atoms with van der Waals surface area (Å²) in [5.74, 6) is 0.447. The molecule has 1 N–H and O–H groups in total. The second-order valence-electron chi connectivity index (χ2n) is 2.88. The zero-order valence-electron chi connectivity index (χ0n) is 9.56. The van der Waals surface area contributed by atoms with E-state index < -0.39 is 0 Å². The van der Waals surface area contributed by atoms with Gasteiger partial charge in [-0.15, -0.1) is 11.6 Å². The maximum Gasteiger partial charge on any atom is 0.324 e. The standard InChI is InChI=1S/C10H16N4O2/c1-4-6-7-16-10-13-8(11-5-2)12-9(14-10)15-3/h4H,1,5-7H2,2-3H3,(H,11,12,13,14). The molecule has 16 heavy (non-hydrogen) atoms. The van der Waals surface area contributed by atoms with Gasteiger partial charge in [0.15, 0.2) is 0 Å². The first-order chi connectivity index (χ1) is 7.80. The highest BCUT2D eigenvalue weighted by molar-refractivity contribution is 5.27. The summed E-state index contributed by atoms with van der Waals surface area (Å²) in [5, 5.41) is 2.97. The van der Waals surface area contributed by atoms with Gasteiger partial charge in [0, 0.05) is 6.54 Å². The van der Waals surface area contributed by atoms with Gasteiger partial charge >= 0.3 is 12.0 Å². The van der Waals surface area contributed by atoms with Crippen molar-refractivity contribution < 1.29 is 9.47 Å². The van der Waals surface area contributed by atoms with E-state index in [4.69, 9.17) is 9.47 Å². The molecule has 0 spiro atoms. The molecule has 1 rings (SSSR count). The van der Waals surface area contributed by atoms with Crippen LogP contribution in [0.3, 0.4) is 0 Å². The molecular weight excluding hydrogens is 208 g/mol. The maximum absolute atomic E-state index is 5.32. The monoisotopic (exact) mass is 224 g/mol. The number of nitrogens with one attached hydrogen (secondary N) is 1. The molecule has 0 aliphatic rings. The molecule has 0 fully saturated rings. The number of aromatic nitrogens is 3. The molecule has 0 atom stereocenters. The summed E-state index contributed by atoms with van der Waals surface area (Å²) in [5.41, 5.74) is 0. The fraction of sp³-hybridized carbons (Fsp3) is 0.500. The van der Waals surface area contributed by atoms with E-state index in [1.54, 1.807) is 6.08 Å². The van der Waals surface area contributed by atoms with E-state index >= 15 is 0 Å². The molecule has 0 radical (unpaired) electrons. The van der Waals surface area contributed by atoms with Crippen LogP contribution in [0.15, 0.2) is 12.7 Å². The van der Waals surface area contributed by atoms with Crippen LogP contribution in [0.5, 0.6) is 12.0 Å². The van der Waals surface area contributed by atoms with Crippen LogP contribution < -0.4 is 14.8 Å². The smallest absolute Gasteiger partial charge is 0.324 e. The quantitative estimate of drug-likeness (QED) is 0.555. The lowest BCUT2D eigenvalue weighted by molar-refractivity contribution is 0.287. The largest absolute Gasteiger partial charge is 0.467 e. The second kappa shape index (κ2) is 6.60. The molecule has 6 nitrogen and oxygen atoms in total. The lowest BCUT2D eigenvalue weighted by Gasteiger charge is -2.06. The molecule has 0 aliphatic heterocycles. The predicted molar refractivity (Wildman–Crippen MR) is 60.9 cm³/mol. The predicted octanol–water partition coefficient (Wildman–Crippen LogP) is 1.27. The minimum atomic E-state index is 0.236. The molecule has 0 saturated heterocycles. The van der Waals surface area contributed by atoms with Crippen LogP contribution in [-0.4, -0.2) is 35.2 Å². The first-order valence-corrected chi connectivity index (χ1v) is 5.07. The van der Waals surface area contributed by atoms with Crippen molar-refractivity contribution in [1.29, 1.82) is 0 Å². The molecular formula is C10H16N4O2. The van der Waals surface area contributed by atoms with Gasteiger partial charge in [-0.25, -0.2) is 0 Å². The molecule has 88 valence electrons. The molecule has 0 bridgehead atoms. The van der Waals surface area contributed by atoms with Gasteiger partial charge in [0.1, 0.15) is 0 Å². The van der Waals surface area contributed by atoms with Gasteiger partial charge in [-0.05, 0) is 13.3 Å². The lowest BCUT2D eigenvalue weighted by Crippen LogP contribution is -2.08. The molecule has 0 saturated carbocycles. The van der Waals surface area contributed by atoms with Crippen LogP contribution in [0.1, 0.15) is 13.3 Å². The summed E-state index contributed by atoms with van der Waals surface area (Å²) in [6, 6.07) is 0.490. The van der Waals surface area contributed by atoms with Gasteiger partial charge in [0.25, 0.3) is 0 Å². The van der Waals surface area contributed by atoms with Gasteiger partial charge in [-0.1, -0.05) is 6.08 Å². The highest BCUT2D eigenvalue weighted by atomic mass is 16.5. The maximum atomic E-state index is 5.32. The third-order valence-electron chi connectivity index (χ3n) is 1.66. The fourth-order valence-electron chi connectivity index (χ4n) is 0.965. The molecule has 0 amide bonds. The molecule has 1 heterocycles. The molecule has 6 heteroatoms. The topological polar surface area (TPSA) is 69.2 Å². The Morgan fingerprint density at radius 1 is 1.31 bits per heavy atom. The summed E-state index contributed by atoms with van der Waals surface area (Å²) in [4.78, 5) is 12.1. The lowest BCUT2D eigenvalue weighted by atomic mass is 10.5. The van der Waals surface area contributed by atoms with Crippen LogP contribution in [0.4, 0.5) is 5.95 Å². The Kier molecular flexibility index (Phi) is 5.04. The van der Waals surface area contributed by atoms with E-state index in [9.17, 15) is 0 Å². The Morgan fingerprint density at radius 2 is 2.06 bits per heavy atom. The van der Waals surface area contributed by atoms with Gasteiger partial charge in [-0.3, -0.25) is 0 Å². The summed E-state index contributed by atoms with van der Waals surface area (Å²) in [6.45, 7) is 6.77. The SMILES string of the molecule is C=CCCOc1nc(NCC)nc(OC)n1. The normalized spacial score (nSPS) is 9.62. The third-order valence-corrected chi connectivity index (χ3v) is 1.66. The van der Waals surface area contributed by atoms with Crippen molar-refractivity contribution in [1.82, 2.24) is 15.0 Å². The van der Waals surface area contributed by atoms with E-state index in [1.807, 2.05) is 6.92 Å². The van der Waals surface area contributed by atoms with Crippen molar-refractivity contribution >= 4 is 5.95 Å². The van der Waals surface area contributed by atoms with Crippen LogP contribution in [-0.2, 0) is 0 Å². The van der Waals surface area contributed by atoms with Crippen molar-refractivity contribution in [3.05, 3.63) is 12.7 Å². The fourth-order valence-corrected chi connectivity index (χ4v) is 0.965. The first kappa shape index (κ1) is 12.2. The summed E-state index contributed by atoms with van der Waals surface area (Å²) in [7, 11) is 1.50. The highest BCUT2D eigenvalue weighted by Gasteiger charge is 2.06. The summed E-state index contributed by atoms with van der Waals surface area (Å²) < 4.78 is 10.3. The van der Waals surface area contributed by atoms with Gasteiger partial charge in [-0.2, -0.15) is 9.97 Å². The van der Waals surface area contributed by atoms with Gasteiger partial charge < -0.3 is 14.8 Å². The van der Waals surface area contributed by atoms with Crippen molar-refractivity contribution in [3.8, 4) is 12.0 Å². The summed E-state index contributed by atoms with van der Waals surface area (Å²) >= 11 is 0. The number of nitrogens with zero attached hydrogens (tertiary/aromatic N) is 3. The Labute approximate surface area is 94.7 Å². The van der Waals surface area contributed by atoms with Crippen LogP contribution in [0.2, 0.25) is 0 Å². The Hall–Kier alpha value is -1.85. The Bertz CT molecular complexity index is 344. The molecule has 0 aliphatic carbocycles. The van der Waals surface area contributed by atoms with E-state index in [0.29, 0.717) is 12.6 Å². The van der Waals surface area contributed by atoms with Crippen LogP contribution in [0, 0.1) is 0 Å². The van der Waals surface area contributed by atoms with E-state index in [2.05, 4.69) is 26.8 Å². The van der Waals surface area contributed by atoms with Gasteiger partial charge in [0.05, 0.1) is 13.7 Å².